The topological polar surface area (TPSA) is 35.0 Å². The standard InChI is InChI=1S/C21H22N2O/c1-21(2,3)17-9-11-18(12-10-17)24-15-20-22-14-13-19(23-20)16-7-5-4-6-8-16/h4-14H,15H2,1-3H3. The van der Waals surface area contributed by atoms with Crippen LogP contribution >= 0.6 is 0 Å². The van der Waals surface area contributed by atoms with Crippen LogP contribution in [-0.4, -0.2) is 9.97 Å². The molecule has 1 heterocycles. The molecule has 1 aromatic heterocycles. The zero-order valence-corrected chi connectivity index (χ0v) is 14.4. The summed E-state index contributed by atoms with van der Waals surface area (Å²) < 4.78 is 5.83. The van der Waals surface area contributed by atoms with Crippen molar-refractivity contribution in [2.24, 2.45) is 0 Å². The number of hydrogen-bond acceptors (Lipinski definition) is 3. The first kappa shape index (κ1) is 16.2. The highest BCUT2D eigenvalue weighted by molar-refractivity contribution is 5.58. The molecule has 2 aromatic carbocycles. The molecule has 3 aromatic rings. The van der Waals surface area contributed by atoms with Gasteiger partial charge in [0.05, 0.1) is 5.69 Å². The number of aromatic nitrogens is 2. The first-order chi connectivity index (χ1) is 11.5. The molecule has 0 radical (unpaired) electrons. The van der Waals surface area contributed by atoms with Gasteiger partial charge in [-0.1, -0.05) is 63.2 Å². The van der Waals surface area contributed by atoms with E-state index in [4.69, 9.17) is 4.74 Å². The van der Waals surface area contributed by atoms with Crippen LogP contribution in [0, 0.1) is 0 Å². The Balaban J connectivity index is 1.69. The maximum absolute atomic E-state index is 5.83. The van der Waals surface area contributed by atoms with Crippen LogP contribution in [0.25, 0.3) is 11.3 Å². The highest BCUT2D eigenvalue weighted by Gasteiger charge is 2.13. The minimum atomic E-state index is 0.145. The third-order valence-electron chi connectivity index (χ3n) is 3.86. The number of hydrogen-bond donors (Lipinski definition) is 0. The van der Waals surface area contributed by atoms with Crippen LogP contribution < -0.4 is 4.74 Å². The summed E-state index contributed by atoms with van der Waals surface area (Å²) in [5, 5.41) is 0. The SMILES string of the molecule is CC(C)(C)c1ccc(OCc2nccc(-c3ccccc3)n2)cc1. The van der Waals surface area contributed by atoms with Gasteiger partial charge < -0.3 is 4.74 Å². The molecule has 3 rings (SSSR count). The van der Waals surface area contributed by atoms with Crippen molar-refractivity contribution in [2.45, 2.75) is 32.8 Å². The van der Waals surface area contributed by atoms with Gasteiger partial charge in [-0.25, -0.2) is 9.97 Å². The van der Waals surface area contributed by atoms with E-state index >= 15 is 0 Å². The van der Waals surface area contributed by atoms with Crippen LogP contribution in [0.1, 0.15) is 32.2 Å². The zero-order chi connectivity index (χ0) is 17.0. The summed E-state index contributed by atoms with van der Waals surface area (Å²) in [5.41, 5.74) is 3.42. The molecule has 122 valence electrons. The fraction of sp³-hybridized carbons (Fsp3) is 0.238. The second kappa shape index (κ2) is 6.83. The molecule has 3 heteroatoms. The van der Waals surface area contributed by atoms with Gasteiger partial charge in [-0.15, -0.1) is 0 Å². The van der Waals surface area contributed by atoms with Crippen LogP contribution in [0.15, 0.2) is 66.9 Å². The second-order valence-corrected chi connectivity index (χ2v) is 6.79. The largest absolute Gasteiger partial charge is 0.486 e. The van der Waals surface area contributed by atoms with Gasteiger partial charge in [0.2, 0.25) is 0 Å². The summed E-state index contributed by atoms with van der Waals surface area (Å²) in [7, 11) is 0. The van der Waals surface area contributed by atoms with Gasteiger partial charge in [0, 0.05) is 11.8 Å². The molecule has 0 unspecified atom stereocenters. The van der Waals surface area contributed by atoms with Gasteiger partial charge in [-0.05, 0) is 29.2 Å². The third-order valence-corrected chi connectivity index (χ3v) is 3.86. The first-order valence-electron chi connectivity index (χ1n) is 8.13. The highest BCUT2D eigenvalue weighted by atomic mass is 16.5. The predicted octanol–water partition coefficient (Wildman–Crippen LogP) is 5.02. The van der Waals surface area contributed by atoms with E-state index in [2.05, 4.69) is 42.9 Å². The molecule has 0 aliphatic rings. The molecule has 0 aliphatic heterocycles. The van der Waals surface area contributed by atoms with E-state index in [0.29, 0.717) is 12.4 Å². The zero-order valence-electron chi connectivity index (χ0n) is 14.4. The van der Waals surface area contributed by atoms with Gasteiger partial charge in [-0.2, -0.15) is 0 Å². The summed E-state index contributed by atoms with van der Waals surface area (Å²) in [5.74, 6) is 1.51. The van der Waals surface area contributed by atoms with Gasteiger partial charge in [0.15, 0.2) is 5.82 Å². The van der Waals surface area contributed by atoms with Crippen LogP contribution in [0.3, 0.4) is 0 Å². The fourth-order valence-corrected chi connectivity index (χ4v) is 2.44. The number of nitrogens with zero attached hydrogens (tertiary/aromatic N) is 2. The molecule has 0 saturated heterocycles. The van der Waals surface area contributed by atoms with Crippen molar-refractivity contribution in [3.63, 3.8) is 0 Å². The lowest BCUT2D eigenvalue weighted by Gasteiger charge is -2.19. The summed E-state index contributed by atoms with van der Waals surface area (Å²) in [4.78, 5) is 8.88. The Bertz CT molecular complexity index is 790. The van der Waals surface area contributed by atoms with Crippen molar-refractivity contribution in [3.8, 4) is 17.0 Å². The summed E-state index contributed by atoms with van der Waals surface area (Å²) >= 11 is 0. The summed E-state index contributed by atoms with van der Waals surface area (Å²) in [6, 6.07) is 20.2. The van der Waals surface area contributed by atoms with Gasteiger partial charge in [0.25, 0.3) is 0 Å². The van der Waals surface area contributed by atoms with E-state index < -0.39 is 0 Å². The average molecular weight is 318 g/mol. The summed E-state index contributed by atoms with van der Waals surface area (Å²) in [6.45, 7) is 6.96. The molecule has 0 N–H and O–H groups in total. The minimum Gasteiger partial charge on any atom is -0.486 e. The Kier molecular flexibility index (Phi) is 4.61. The van der Waals surface area contributed by atoms with Crippen LogP contribution in [0.2, 0.25) is 0 Å². The number of benzene rings is 2. The lowest BCUT2D eigenvalue weighted by molar-refractivity contribution is 0.295. The smallest absolute Gasteiger partial charge is 0.166 e. The average Bonchev–Trinajstić information content (AvgIpc) is 2.61. The number of rotatable bonds is 4. The second-order valence-electron chi connectivity index (χ2n) is 6.79. The van der Waals surface area contributed by atoms with Crippen molar-refractivity contribution in [3.05, 3.63) is 78.2 Å². The molecular formula is C21H22N2O. The monoisotopic (exact) mass is 318 g/mol. The predicted molar refractivity (Wildman–Crippen MR) is 96.9 cm³/mol. The minimum absolute atomic E-state index is 0.145. The maximum atomic E-state index is 5.83. The van der Waals surface area contributed by atoms with Crippen molar-refractivity contribution in [1.29, 1.82) is 0 Å². The van der Waals surface area contributed by atoms with Crippen LogP contribution in [0.4, 0.5) is 0 Å². The molecule has 0 saturated carbocycles. The Morgan fingerprint density at radius 3 is 2.25 bits per heavy atom. The normalized spacial score (nSPS) is 11.3. The van der Waals surface area contributed by atoms with Crippen molar-refractivity contribution in [2.75, 3.05) is 0 Å². The lowest BCUT2D eigenvalue weighted by Crippen LogP contribution is -2.10. The van der Waals surface area contributed by atoms with E-state index in [1.165, 1.54) is 5.56 Å². The molecule has 0 spiro atoms. The number of ether oxygens (including phenoxy) is 1. The molecule has 0 aliphatic carbocycles. The molecular weight excluding hydrogens is 296 g/mol. The molecule has 24 heavy (non-hydrogen) atoms. The summed E-state index contributed by atoms with van der Waals surface area (Å²) in [6.07, 6.45) is 1.77. The molecule has 0 amide bonds. The molecule has 0 atom stereocenters. The molecule has 3 nitrogen and oxygen atoms in total. The molecule has 0 fully saturated rings. The van der Waals surface area contributed by atoms with Gasteiger partial charge >= 0.3 is 0 Å². The Morgan fingerprint density at radius 1 is 0.875 bits per heavy atom. The lowest BCUT2D eigenvalue weighted by atomic mass is 9.87. The first-order valence-corrected chi connectivity index (χ1v) is 8.13. The van der Waals surface area contributed by atoms with E-state index in [1.54, 1.807) is 6.20 Å². The van der Waals surface area contributed by atoms with Crippen molar-refractivity contribution < 1.29 is 4.74 Å². The van der Waals surface area contributed by atoms with E-state index in [0.717, 1.165) is 17.0 Å². The Morgan fingerprint density at radius 2 is 1.58 bits per heavy atom. The van der Waals surface area contributed by atoms with Crippen LogP contribution in [0.5, 0.6) is 5.75 Å². The van der Waals surface area contributed by atoms with Crippen molar-refractivity contribution >= 4 is 0 Å². The van der Waals surface area contributed by atoms with E-state index in [-0.39, 0.29) is 5.41 Å². The van der Waals surface area contributed by atoms with E-state index in [1.807, 2.05) is 48.5 Å². The Labute approximate surface area is 143 Å². The Hall–Kier alpha value is -2.68. The molecule has 0 bridgehead atoms. The highest BCUT2D eigenvalue weighted by Crippen LogP contribution is 2.24. The quantitative estimate of drug-likeness (QED) is 0.677. The van der Waals surface area contributed by atoms with E-state index in [9.17, 15) is 0 Å². The third kappa shape index (κ3) is 3.99. The van der Waals surface area contributed by atoms with Crippen molar-refractivity contribution in [1.82, 2.24) is 9.97 Å². The fourth-order valence-electron chi connectivity index (χ4n) is 2.44. The van der Waals surface area contributed by atoms with Crippen LogP contribution in [-0.2, 0) is 12.0 Å². The van der Waals surface area contributed by atoms with Gasteiger partial charge in [0.1, 0.15) is 12.4 Å². The van der Waals surface area contributed by atoms with Gasteiger partial charge in [-0.3, -0.25) is 0 Å². The maximum Gasteiger partial charge on any atom is 0.166 e.